The molecule has 0 saturated carbocycles. The molecule has 5 aromatic rings. The fourth-order valence-corrected chi connectivity index (χ4v) is 6.27. The van der Waals surface area contributed by atoms with Crippen molar-refractivity contribution in [2.45, 2.75) is 51.4 Å². The molecule has 0 aliphatic rings. The largest absolute Gasteiger partial charge is 0.493 e. The van der Waals surface area contributed by atoms with Gasteiger partial charge < -0.3 is 19.8 Å². The summed E-state index contributed by atoms with van der Waals surface area (Å²) in [5, 5.41) is 8.71. The minimum absolute atomic E-state index is 0. The van der Waals surface area contributed by atoms with Crippen molar-refractivity contribution in [1.82, 2.24) is 14.3 Å². The third kappa shape index (κ3) is 6.61. The highest BCUT2D eigenvalue weighted by Crippen LogP contribution is 2.39. The molecular formula is C34H40BrClN4O3. The number of ether oxygens (including phenoxy) is 2. The highest BCUT2D eigenvalue weighted by atomic mass is 79.9. The van der Waals surface area contributed by atoms with Crippen LogP contribution in [0.3, 0.4) is 0 Å². The number of benzene rings is 3. The first-order chi connectivity index (χ1) is 20.5. The van der Waals surface area contributed by atoms with Crippen molar-refractivity contribution in [3.8, 4) is 16.9 Å². The van der Waals surface area contributed by atoms with Crippen LogP contribution in [0.25, 0.3) is 32.8 Å². The Bertz CT molecular complexity index is 1710. The van der Waals surface area contributed by atoms with E-state index < -0.39 is 0 Å². The summed E-state index contributed by atoms with van der Waals surface area (Å²) in [5.41, 5.74) is 12.8. The Kier molecular flexibility index (Phi) is 11.3. The second-order valence-electron chi connectivity index (χ2n) is 10.5. The quantitative estimate of drug-likeness (QED) is 0.0789. The van der Waals surface area contributed by atoms with Gasteiger partial charge in [0.1, 0.15) is 11.4 Å². The molecule has 0 radical (unpaired) electrons. The highest BCUT2D eigenvalue weighted by Gasteiger charge is 2.27. The number of rotatable bonds is 13. The van der Waals surface area contributed by atoms with E-state index in [1.807, 2.05) is 42.9 Å². The van der Waals surface area contributed by atoms with Crippen LogP contribution in [-0.2, 0) is 30.1 Å². The number of unbranched alkanes of at least 4 members (excludes halogenated alkanes) is 1. The van der Waals surface area contributed by atoms with Gasteiger partial charge in [-0.25, -0.2) is 4.79 Å². The maximum absolute atomic E-state index is 13.6. The Labute approximate surface area is 267 Å². The molecule has 0 amide bonds. The average Bonchev–Trinajstić information content (AvgIpc) is 3.48. The molecule has 0 aliphatic carbocycles. The molecule has 43 heavy (non-hydrogen) atoms. The zero-order valence-electron chi connectivity index (χ0n) is 25.1. The summed E-state index contributed by atoms with van der Waals surface area (Å²) in [6.45, 7) is 6.07. The van der Waals surface area contributed by atoms with E-state index in [9.17, 15) is 4.79 Å². The molecule has 0 fully saturated rings. The van der Waals surface area contributed by atoms with Gasteiger partial charge in [-0.2, -0.15) is 5.10 Å². The summed E-state index contributed by atoms with van der Waals surface area (Å²) >= 11 is 3.64. The van der Waals surface area contributed by atoms with Gasteiger partial charge in [-0.3, -0.25) is 4.68 Å². The fourth-order valence-electron chi connectivity index (χ4n) is 5.88. The number of alkyl halides is 1. The third-order valence-corrected chi connectivity index (χ3v) is 8.40. The van der Waals surface area contributed by atoms with E-state index in [-0.39, 0.29) is 18.4 Å². The number of carbonyl (C=O) groups excluding carboxylic acids is 1. The first kappa shape index (κ1) is 32.6. The maximum atomic E-state index is 13.6. The lowest BCUT2D eigenvalue weighted by Gasteiger charge is -2.14. The van der Waals surface area contributed by atoms with Gasteiger partial charge in [-0.1, -0.05) is 70.5 Å². The van der Waals surface area contributed by atoms with Crippen molar-refractivity contribution < 1.29 is 14.3 Å². The van der Waals surface area contributed by atoms with Gasteiger partial charge in [0, 0.05) is 46.5 Å². The molecule has 228 valence electrons. The lowest BCUT2D eigenvalue weighted by molar-refractivity contribution is 0.0512. The first-order valence-corrected chi connectivity index (χ1v) is 15.8. The number of fused-ring (bicyclic) bond motifs is 2. The molecule has 0 unspecified atom stereocenters. The number of aryl methyl sites for hydroxylation is 3. The molecule has 5 rings (SSSR count). The molecule has 2 heterocycles. The summed E-state index contributed by atoms with van der Waals surface area (Å²) in [6.07, 6.45) is 3.17. The van der Waals surface area contributed by atoms with E-state index >= 15 is 0 Å². The maximum Gasteiger partial charge on any atom is 0.355 e. The van der Waals surface area contributed by atoms with Gasteiger partial charge in [-0.15, -0.1) is 12.4 Å². The lowest BCUT2D eigenvalue weighted by Crippen LogP contribution is -2.15. The zero-order chi connectivity index (χ0) is 29.6. The molecule has 2 N–H and O–H groups in total. The van der Waals surface area contributed by atoms with Crippen LogP contribution in [0, 0.1) is 6.92 Å². The summed E-state index contributed by atoms with van der Waals surface area (Å²) in [4.78, 5) is 13.6. The highest BCUT2D eigenvalue weighted by molar-refractivity contribution is 9.08. The van der Waals surface area contributed by atoms with Crippen molar-refractivity contribution in [2.24, 2.45) is 12.8 Å². The molecule has 0 atom stereocenters. The van der Waals surface area contributed by atoms with Crippen molar-refractivity contribution in [2.75, 3.05) is 19.8 Å². The van der Waals surface area contributed by atoms with Crippen LogP contribution in [0.2, 0.25) is 0 Å². The summed E-state index contributed by atoms with van der Waals surface area (Å²) < 4.78 is 16.0. The van der Waals surface area contributed by atoms with E-state index in [1.54, 1.807) is 0 Å². The molecule has 7 nitrogen and oxygen atoms in total. The van der Waals surface area contributed by atoms with Gasteiger partial charge in [0.15, 0.2) is 0 Å². The van der Waals surface area contributed by atoms with Crippen LogP contribution < -0.4 is 10.5 Å². The number of hydrogen-bond donors (Lipinski definition) is 1. The van der Waals surface area contributed by atoms with E-state index in [4.69, 9.17) is 20.3 Å². The molecular weight excluding hydrogens is 628 g/mol. The van der Waals surface area contributed by atoms with Crippen LogP contribution >= 0.6 is 28.3 Å². The van der Waals surface area contributed by atoms with Crippen LogP contribution in [0.4, 0.5) is 0 Å². The summed E-state index contributed by atoms with van der Waals surface area (Å²) in [5.74, 6) is 0.584. The van der Waals surface area contributed by atoms with E-state index in [2.05, 4.69) is 63.8 Å². The average molecular weight is 668 g/mol. The SMILES string of the molecule is CCOC(=O)c1c(CCCOc2cccc3ccccc23)c2cccc(-c3c(CBr)nn(C)c3C)c2n1CCCCN.Cl. The normalized spacial score (nSPS) is 11.2. The topological polar surface area (TPSA) is 84.3 Å². The van der Waals surface area contributed by atoms with Crippen LogP contribution in [0.1, 0.15) is 53.6 Å². The van der Waals surface area contributed by atoms with E-state index in [0.29, 0.717) is 43.7 Å². The number of hydrogen-bond acceptors (Lipinski definition) is 5. The summed E-state index contributed by atoms with van der Waals surface area (Å²) in [6, 6.07) is 20.7. The molecule has 0 aliphatic heterocycles. The minimum Gasteiger partial charge on any atom is -0.493 e. The number of aromatic nitrogens is 3. The van der Waals surface area contributed by atoms with Crippen molar-refractivity contribution >= 4 is 56.0 Å². The van der Waals surface area contributed by atoms with Crippen LogP contribution in [0.5, 0.6) is 5.75 Å². The van der Waals surface area contributed by atoms with Crippen LogP contribution in [0.15, 0.2) is 60.7 Å². The van der Waals surface area contributed by atoms with Gasteiger partial charge in [0.2, 0.25) is 0 Å². The van der Waals surface area contributed by atoms with Crippen molar-refractivity contribution in [3.05, 3.63) is 83.3 Å². The number of para-hydroxylation sites is 1. The molecule has 2 aromatic heterocycles. The Morgan fingerprint density at radius 3 is 2.51 bits per heavy atom. The fraction of sp³-hybridized carbons (Fsp3) is 0.353. The monoisotopic (exact) mass is 666 g/mol. The number of carbonyl (C=O) groups is 1. The number of nitrogens with two attached hydrogens (primary N) is 1. The second kappa shape index (κ2) is 14.9. The van der Waals surface area contributed by atoms with Gasteiger partial charge in [0.25, 0.3) is 0 Å². The van der Waals surface area contributed by atoms with Crippen molar-refractivity contribution in [3.63, 3.8) is 0 Å². The molecule has 9 heteroatoms. The minimum atomic E-state index is -0.291. The molecule has 0 bridgehead atoms. The molecule has 0 spiro atoms. The number of esters is 1. The predicted molar refractivity (Wildman–Crippen MR) is 181 cm³/mol. The standard InChI is InChI=1S/C34H39BrN4O3.ClH/c1-4-41-34(40)33-27(17-11-21-42-30-18-9-13-24-12-5-6-14-25(24)30)26-15-10-16-28(32(26)39(33)20-8-7-19-36)31-23(2)38(3)37-29(31)22-35;/h5-6,9-10,12-16,18H,4,7-8,11,17,19-22,36H2,1-3H3;1H. The molecule has 0 saturated heterocycles. The lowest BCUT2D eigenvalue weighted by atomic mass is 9.98. The van der Waals surface area contributed by atoms with Crippen LogP contribution in [-0.4, -0.2) is 40.1 Å². The smallest absolute Gasteiger partial charge is 0.355 e. The van der Waals surface area contributed by atoms with E-state index in [0.717, 1.165) is 74.8 Å². The zero-order valence-corrected chi connectivity index (χ0v) is 27.5. The second-order valence-corrected chi connectivity index (χ2v) is 11.1. The van der Waals surface area contributed by atoms with Gasteiger partial charge in [0.05, 0.1) is 24.4 Å². The Morgan fingerprint density at radius 1 is 1.00 bits per heavy atom. The Hall–Kier alpha value is -3.33. The number of halogens is 2. The van der Waals surface area contributed by atoms with Gasteiger partial charge >= 0.3 is 5.97 Å². The van der Waals surface area contributed by atoms with Crippen molar-refractivity contribution in [1.29, 1.82) is 0 Å². The Balaban J connectivity index is 0.00000423. The third-order valence-electron chi connectivity index (χ3n) is 7.87. The first-order valence-electron chi connectivity index (χ1n) is 14.7. The van der Waals surface area contributed by atoms with E-state index in [1.165, 1.54) is 0 Å². The summed E-state index contributed by atoms with van der Waals surface area (Å²) in [7, 11) is 1.97. The number of nitrogens with zero attached hydrogens (tertiary/aromatic N) is 3. The molecule has 3 aromatic carbocycles. The van der Waals surface area contributed by atoms with Gasteiger partial charge in [-0.05, 0) is 63.1 Å². The Morgan fingerprint density at radius 2 is 1.74 bits per heavy atom. The predicted octanol–water partition coefficient (Wildman–Crippen LogP) is 7.75.